The van der Waals surface area contributed by atoms with Gasteiger partial charge in [0.05, 0.1) is 0 Å². The van der Waals surface area contributed by atoms with E-state index in [0.717, 1.165) is 19.5 Å². The molecule has 1 fully saturated rings. The van der Waals surface area contributed by atoms with E-state index in [2.05, 4.69) is 15.4 Å². The summed E-state index contributed by atoms with van der Waals surface area (Å²) in [6.07, 6.45) is 3.25. The van der Waals surface area contributed by atoms with Crippen LogP contribution in [0.5, 0.6) is 0 Å². The molecule has 1 aliphatic heterocycles. The summed E-state index contributed by atoms with van der Waals surface area (Å²) in [6.45, 7) is 2.61. The maximum atomic E-state index is 11.9. The fourth-order valence-corrected chi connectivity index (χ4v) is 2.98. The Morgan fingerprint density at radius 3 is 2.86 bits per heavy atom. The van der Waals surface area contributed by atoms with E-state index in [1.54, 1.807) is 0 Å². The minimum absolute atomic E-state index is 0. The van der Waals surface area contributed by atoms with Gasteiger partial charge in [-0.05, 0) is 57.5 Å². The number of amides is 1. The summed E-state index contributed by atoms with van der Waals surface area (Å²) in [6, 6.07) is 2.63. The first-order valence-corrected chi connectivity index (χ1v) is 8.53. The van der Waals surface area contributed by atoms with Crippen molar-refractivity contribution >= 4 is 28.3 Å². The van der Waals surface area contributed by atoms with Crippen molar-refractivity contribution < 1.29 is 17.6 Å². The van der Waals surface area contributed by atoms with Crippen LogP contribution in [-0.2, 0) is 10.0 Å². The van der Waals surface area contributed by atoms with E-state index in [0.29, 0.717) is 12.5 Å². The molecule has 1 unspecified atom stereocenters. The van der Waals surface area contributed by atoms with E-state index in [-0.39, 0.29) is 23.3 Å². The van der Waals surface area contributed by atoms with Crippen LogP contribution in [0.15, 0.2) is 21.6 Å². The predicted molar refractivity (Wildman–Crippen MR) is 84.7 cm³/mol. The highest BCUT2D eigenvalue weighted by atomic mass is 35.5. The Morgan fingerprint density at radius 2 is 2.23 bits per heavy atom. The van der Waals surface area contributed by atoms with Crippen molar-refractivity contribution in [2.45, 2.75) is 24.4 Å². The molecule has 0 aliphatic carbocycles. The SMILES string of the molecule is CNS(=O)(=O)c1ccc(C(=O)NCCC2CCCNC2)o1.Cl. The molecule has 3 N–H and O–H groups in total. The van der Waals surface area contributed by atoms with Crippen molar-refractivity contribution in [1.82, 2.24) is 15.4 Å². The first-order valence-electron chi connectivity index (χ1n) is 7.05. The molecule has 0 radical (unpaired) electrons. The molecule has 1 amide bonds. The van der Waals surface area contributed by atoms with E-state index < -0.39 is 15.9 Å². The highest BCUT2D eigenvalue weighted by Gasteiger charge is 2.19. The Morgan fingerprint density at radius 1 is 1.45 bits per heavy atom. The third kappa shape index (κ3) is 4.98. The maximum absolute atomic E-state index is 11.9. The minimum Gasteiger partial charge on any atom is -0.438 e. The molecule has 7 nitrogen and oxygen atoms in total. The molecule has 2 rings (SSSR count). The summed E-state index contributed by atoms with van der Waals surface area (Å²) in [5.41, 5.74) is 0. The number of piperidine rings is 1. The number of carbonyl (C=O) groups excluding carboxylic acids is 1. The van der Waals surface area contributed by atoms with Gasteiger partial charge in [0.15, 0.2) is 5.76 Å². The lowest BCUT2D eigenvalue weighted by Gasteiger charge is -2.22. The Labute approximate surface area is 136 Å². The van der Waals surface area contributed by atoms with Crippen LogP contribution in [0.3, 0.4) is 0 Å². The van der Waals surface area contributed by atoms with Gasteiger partial charge >= 0.3 is 0 Å². The van der Waals surface area contributed by atoms with Crippen LogP contribution in [0.2, 0.25) is 0 Å². The summed E-state index contributed by atoms with van der Waals surface area (Å²) < 4.78 is 30.2. The Balaban J connectivity index is 0.00000242. The van der Waals surface area contributed by atoms with Crippen LogP contribution in [0.1, 0.15) is 29.8 Å². The fourth-order valence-electron chi connectivity index (χ4n) is 2.33. The zero-order valence-electron chi connectivity index (χ0n) is 12.4. The third-order valence-electron chi connectivity index (χ3n) is 3.58. The van der Waals surface area contributed by atoms with Gasteiger partial charge in [0, 0.05) is 6.54 Å². The Bertz CT molecular complexity index is 582. The van der Waals surface area contributed by atoms with E-state index in [4.69, 9.17) is 4.42 Å². The minimum atomic E-state index is -3.65. The molecule has 1 saturated heterocycles. The largest absolute Gasteiger partial charge is 0.438 e. The zero-order chi connectivity index (χ0) is 15.3. The average molecular weight is 352 g/mol. The quantitative estimate of drug-likeness (QED) is 0.701. The smallest absolute Gasteiger partial charge is 0.287 e. The van der Waals surface area contributed by atoms with Gasteiger partial charge in [-0.1, -0.05) is 0 Å². The molecule has 0 spiro atoms. The molecule has 1 aliphatic rings. The standard InChI is InChI=1S/C13H21N3O4S.ClH/c1-14-21(18,19)12-5-4-11(20-12)13(17)16-8-6-10-3-2-7-15-9-10;/h4-5,10,14-15H,2-3,6-9H2,1H3,(H,16,17);1H. The van der Waals surface area contributed by atoms with Gasteiger partial charge in [-0.15, -0.1) is 12.4 Å². The number of sulfonamides is 1. The number of hydrogen-bond donors (Lipinski definition) is 3. The molecule has 9 heteroatoms. The second-order valence-electron chi connectivity index (χ2n) is 5.08. The summed E-state index contributed by atoms with van der Waals surface area (Å²) in [5, 5.41) is 5.82. The topological polar surface area (TPSA) is 100 Å². The van der Waals surface area contributed by atoms with E-state index in [9.17, 15) is 13.2 Å². The van der Waals surface area contributed by atoms with Crippen LogP contribution in [-0.4, -0.2) is 41.0 Å². The Hall–Kier alpha value is -1.09. The number of furan rings is 1. The number of carbonyl (C=O) groups is 1. The van der Waals surface area contributed by atoms with Gasteiger partial charge in [0.25, 0.3) is 15.9 Å². The van der Waals surface area contributed by atoms with Crippen LogP contribution in [0.25, 0.3) is 0 Å². The Kier molecular flexibility index (Phi) is 7.34. The number of rotatable bonds is 6. The molecule has 1 aromatic rings. The molecular weight excluding hydrogens is 330 g/mol. The van der Waals surface area contributed by atoms with E-state index in [1.165, 1.54) is 32.0 Å². The van der Waals surface area contributed by atoms with Crippen molar-refractivity contribution in [3.63, 3.8) is 0 Å². The van der Waals surface area contributed by atoms with Gasteiger partial charge in [-0.25, -0.2) is 13.1 Å². The molecule has 0 bridgehead atoms. The molecule has 126 valence electrons. The second-order valence-corrected chi connectivity index (χ2v) is 6.90. The summed E-state index contributed by atoms with van der Waals surface area (Å²) in [7, 11) is -2.37. The van der Waals surface area contributed by atoms with Crippen molar-refractivity contribution in [2.75, 3.05) is 26.7 Å². The van der Waals surface area contributed by atoms with Gasteiger partial charge in [-0.2, -0.15) is 0 Å². The number of hydrogen-bond acceptors (Lipinski definition) is 5. The van der Waals surface area contributed by atoms with Gasteiger partial charge in [0.2, 0.25) is 5.09 Å². The normalized spacial score (nSPS) is 18.5. The lowest BCUT2D eigenvalue weighted by Crippen LogP contribution is -2.33. The molecule has 1 atom stereocenters. The summed E-state index contributed by atoms with van der Waals surface area (Å²) in [5.74, 6) is 0.192. The maximum Gasteiger partial charge on any atom is 0.287 e. The number of halogens is 1. The van der Waals surface area contributed by atoms with E-state index in [1.807, 2.05) is 0 Å². The number of nitrogens with one attached hydrogen (secondary N) is 3. The van der Waals surface area contributed by atoms with E-state index >= 15 is 0 Å². The molecular formula is C13H22ClN3O4S. The lowest BCUT2D eigenvalue weighted by atomic mass is 9.96. The molecule has 0 aromatic carbocycles. The third-order valence-corrected chi connectivity index (χ3v) is 4.86. The monoisotopic (exact) mass is 351 g/mol. The van der Waals surface area contributed by atoms with Crippen LogP contribution >= 0.6 is 12.4 Å². The van der Waals surface area contributed by atoms with Crippen LogP contribution in [0.4, 0.5) is 0 Å². The highest BCUT2D eigenvalue weighted by Crippen LogP contribution is 2.15. The van der Waals surface area contributed by atoms with Crippen molar-refractivity contribution in [2.24, 2.45) is 5.92 Å². The fraction of sp³-hybridized carbons (Fsp3) is 0.615. The van der Waals surface area contributed by atoms with Crippen molar-refractivity contribution in [1.29, 1.82) is 0 Å². The van der Waals surface area contributed by atoms with Crippen LogP contribution in [0, 0.1) is 5.92 Å². The lowest BCUT2D eigenvalue weighted by molar-refractivity contribution is 0.0917. The molecule has 2 heterocycles. The molecule has 1 aromatic heterocycles. The first kappa shape index (κ1) is 19.0. The van der Waals surface area contributed by atoms with Gasteiger partial charge in [0.1, 0.15) is 0 Å². The second kappa shape index (κ2) is 8.52. The van der Waals surface area contributed by atoms with Crippen LogP contribution < -0.4 is 15.4 Å². The van der Waals surface area contributed by atoms with Gasteiger partial charge in [-0.3, -0.25) is 4.79 Å². The molecule has 0 saturated carbocycles. The summed E-state index contributed by atoms with van der Waals surface area (Å²) >= 11 is 0. The first-order chi connectivity index (χ1) is 10.0. The summed E-state index contributed by atoms with van der Waals surface area (Å²) in [4.78, 5) is 11.9. The average Bonchev–Trinajstić information content (AvgIpc) is 2.99. The van der Waals surface area contributed by atoms with Crippen molar-refractivity contribution in [3.05, 3.63) is 17.9 Å². The predicted octanol–water partition coefficient (Wildman–Crippen LogP) is 0.729. The zero-order valence-corrected chi connectivity index (χ0v) is 14.1. The van der Waals surface area contributed by atoms with Gasteiger partial charge < -0.3 is 15.1 Å². The highest BCUT2D eigenvalue weighted by molar-refractivity contribution is 7.89. The molecule has 22 heavy (non-hydrogen) atoms. The van der Waals surface area contributed by atoms with Crippen molar-refractivity contribution in [3.8, 4) is 0 Å².